The van der Waals surface area contributed by atoms with Crippen molar-refractivity contribution in [3.05, 3.63) is 34.3 Å². The standard InChI is InChI=1S/C16H26BrN3/c1-3-8-19-9-11-20(12-10-19)16(13(2)18)14-4-6-15(17)7-5-14/h4-7,13,16H,3,8-12,18H2,1-2H3. The van der Waals surface area contributed by atoms with Crippen molar-refractivity contribution in [2.24, 2.45) is 5.73 Å². The molecule has 0 amide bonds. The third kappa shape index (κ3) is 4.04. The fourth-order valence-electron chi connectivity index (χ4n) is 3.09. The van der Waals surface area contributed by atoms with Crippen molar-refractivity contribution in [3.8, 4) is 0 Å². The predicted octanol–water partition coefficient (Wildman–Crippen LogP) is 2.87. The maximum atomic E-state index is 6.26. The van der Waals surface area contributed by atoms with E-state index in [-0.39, 0.29) is 6.04 Å². The first-order chi connectivity index (χ1) is 9.61. The fraction of sp³-hybridized carbons (Fsp3) is 0.625. The summed E-state index contributed by atoms with van der Waals surface area (Å²) in [5, 5.41) is 0. The Morgan fingerprint density at radius 3 is 2.25 bits per heavy atom. The van der Waals surface area contributed by atoms with Gasteiger partial charge < -0.3 is 10.6 Å². The highest BCUT2D eigenvalue weighted by atomic mass is 79.9. The second-order valence-electron chi connectivity index (χ2n) is 5.73. The molecular weight excluding hydrogens is 314 g/mol. The van der Waals surface area contributed by atoms with Gasteiger partial charge in [0.05, 0.1) is 0 Å². The Kier molecular flexibility index (Phi) is 6.02. The molecule has 1 fully saturated rings. The van der Waals surface area contributed by atoms with Crippen molar-refractivity contribution >= 4 is 15.9 Å². The number of nitrogens with two attached hydrogens (primary N) is 1. The van der Waals surface area contributed by atoms with Crippen LogP contribution in [0.5, 0.6) is 0 Å². The molecular formula is C16H26BrN3. The normalized spacial score (nSPS) is 20.8. The molecule has 4 heteroatoms. The third-order valence-electron chi connectivity index (χ3n) is 4.05. The topological polar surface area (TPSA) is 32.5 Å². The van der Waals surface area contributed by atoms with Crippen molar-refractivity contribution in [1.82, 2.24) is 9.80 Å². The molecule has 0 aromatic heterocycles. The molecule has 2 atom stereocenters. The van der Waals surface area contributed by atoms with Crippen LogP contribution in [-0.4, -0.2) is 48.6 Å². The SMILES string of the molecule is CCCN1CCN(C(c2ccc(Br)cc2)C(C)N)CC1. The number of benzene rings is 1. The smallest absolute Gasteiger partial charge is 0.0497 e. The maximum Gasteiger partial charge on any atom is 0.0497 e. The second-order valence-corrected chi connectivity index (χ2v) is 6.65. The minimum absolute atomic E-state index is 0.147. The minimum Gasteiger partial charge on any atom is -0.326 e. The summed E-state index contributed by atoms with van der Waals surface area (Å²) in [5.41, 5.74) is 7.59. The Balaban J connectivity index is 2.05. The van der Waals surface area contributed by atoms with Gasteiger partial charge in [0.2, 0.25) is 0 Å². The second kappa shape index (κ2) is 7.55. The van der Waals surface area contributed by atoms with Crippen molar-refractivity contribution in [2.45, 2.75) is 32.4 Å². The number of rotatable bonds is 5. The van der Waals surface area contributed by atoms with Crippen LogP contribution in [0.1, 0.15) is 31.9 Å². The minimum atomic E-state index is 0.147. The Morgan fingerprint density at radius 2 is 1.75 bits per heavy atom. The van der Waals surface area contributed by atoms with Gasteiger partial charge >= 0.3 is 0 Å². The highest BCUT2D eigenvalue weighted by molar-refractivity contribution is 9.10. The van der Waals surface area contributed by atoms with Crippen LogP contribution in [0.15, 0.2) is 28.7 Å². The largest absolute Gasteiger partial charge is 0.326 e. The van der Waals surface area contributed by atoms with Crippen molar-refractivity contribution in [2.75, 3.05) is 32.7 Å². The molecule has 1 heterocycles. The molecule has 1 aromatic carbocycles. The summed E-state index contributed by atoms with van der Waals surface area (Å²) in [6, 6.07) is 9.07. The molecule has 0 radical (unpaired) electrons. The van der Waals surface area contributed by atoms with Crippen molar-refractivity contribution in [1.29, 1.82) is 0 Å². The molecule has 2 unspecified atom stereocenters. The number of nitrogens with zero attached hydrogens (tertiary/aromatic N) is 2. The van der Waals surface area contributed by atoms with Crippen LogP contribution in [0.2, 0.25) is 0 Å². The summed E-state index contributed by atoms with van der Waals surface area (Å²) in [7, 11) is 0. The number of hydrogen-bond donors (Lipinski definition) is 1. The van der Waals surface area contributed by atoms with Crippen LogP contribution in [0.4, 0.5) is 0 Å². The van der Waals surface area contributed by atoms with E-state index in [0.717, 1.165) is 30.7 Å². The van der Waals surface area contributed by atoms with E-state index in [0.29, 0.717) is 6.04 Å². The molecule has 20 heavy (non-hydrogen) atoms. The first kappa shape index (κ1) is 16.0. The lowest BCUT2D eigenvalue weighted by molar-refractivity contribution is 0.0868. The lowest BCUT2D eigenvalue weighted by Gasteiger charge is -2.41. The van der Waals surface area contributed by atoms with Crippen molar-refractivity contribution < 1.29 is 0 Å². The van der Waals surface area contributed by atoms with Gasteiger partial charge in [0.15, 0.2) is 0 Å². The van der Waals surface area contributed by atoms with E-state index < -0.39 is 0 Å². The van der Waals surface area contributed by atoms with Gasteiger partial charge in [-0.3, -0.25) is 4.90 Å². The van der Waals surface area contributed by atoms with Gasteiger partial charge in [-0.15, -0.1) is 0 Å². The summed E-state index contributed by atoms with van der Waals surface area (Å²) in [6.07, 6.45) is 1.24. The van der Waals surface area contributed by atoms with Crippen LogP contribution in [-0.2, 0) is 0 Å². The summed E-state index contributed by atoms with van der Waals surface area (Å²) in [5.74, 6) is 0. The molecule has 2 rings (SSSR count). The molecule has 2 N–H and O–H groups in total. The average Bonchev–Trinajstić information content (AvgIpc) is 2.43. The van der Waals surface area contributed by atoms with Crippen LogP contribution in [0, 0.1) is 0 Å². The lowest BCUT2D eigenvalue weighted by atomic mass is 9.98. The third-order valence-corrected chi connectivity index (χ3v) is 4.58. The van der Waals surface area contributed by atoms with Gasteiger partial charge in [0, 0.05) is 42.7 Å². The first-order valence-electron chi connectivity index (χ1n) is 7.59. The molecule has 0 saturated carbocycles. The Hall–Kier alpha value is -0.420. The highest BCUT2D eigenvalue weighted by Crippen LogP contribution is 2.26. The maximum absolute atomic E-state index is 6.26. The zero-order chi connectivity index (χ0) is 14.5. The zero-order valence-corrected chi connectivity index (χ0v) is 14.1. The van der Waals surface area contributed by atoms with Crippen LogP contribution < -0.4 is 5.73 Å². The highest BCUT2D eigenvalue weighted by Gasteiger charge is 2.27. The predicted molar refractivity (Wildman–Crippen MR) is 88.8 cm³/mol. The molecule has 0 aliphatic carbocycles. The monoisotopic (exact) mass is 339 g/mol. The average molecular weight is 340 g/mol. The summed E-state index contributed by atoms with van der Waals surface area (Å²) in [4.78, 5) is 5.09. The molecule has 0 spiro atoms. The van der Waals surface area contributed by atoms with Gasteiger partial charge in [0.1, 0.15) is 0 Å². The Morgan fingerprint density at radius 1 is 1.15 bits per heavy atom. The van der Waals surface area contributed by atoms with Crippen molar-refractivity contribution in [3.63, 3.8) is 0 Å². The van der Waals surface area contributed by atoms with Gasteiger partial charge in [0.25, 0.3) is 0 Å². The fourth-order valence-corrected chi connectivity index (χ4v) is 3.35. The molecule has 1 saturated heterocycles. The summed E-state index contributed by atoms with van der Waals surface area (Å²) < 4.78 is 1.12. The van der Waals surface area contributed by atoms with E-state index in [1.165, 1.54) is 18.5 Å². The Bertz CT molecular complexity index is 397. The van der Waals surface area contributed by atoms with E-state index in [1.807, 2.05) is 0 Å². The van der Waals surface area contributed by atoms with E-state index >= 15 is 0 Å². The first-order valence-corrected chi connectivity index (χ1v) is 8.38. The molecule has 1 aromatic rings. The number of piperazine rings is 1. The molecule has 1 aliphatic rings. The zero-order valence-electron chi connectivity index (χ0n) is 12.6. The van der Waals surface area contributed by atoms with Crippen LogP contribution in [0.25, 0.3) is 0 Å². The van der Waals surface area contributed by atoms with Gasteiger partial charge in [-0.25, -0.2) is 0 Å². The van der Waals surface area contributed by atoms with E-state index in [1.54, 1.807) is 0 Å². The Labute approximate surface area is 131 Å². The molecule has 0 bridgehead atoms. The molecule has 112 valence electrons. The van der Waals surface area contributed by atoms with Gasteiger partial charge in [-0.2, -0.15) is 0 Å². The van der Waals surface area contributed by atoms with E-state index in [9.17, 15) is 0 Å². The van der Waals surface area contributed by atoms with Gasteiger partial charge in [-0.05, 0) is 37.6 Å². The van der Waals surface area contributed by atoms with E-state index in [2.05, 4.69) is 63.8 Å². The summed E-state index contributed by atoms with van der Waals surface area (Å²) in [6.45, 7) is 10.1. The van der Waals surface area contributed by atoms with E-state index in [4.69, 9.17) is 5.73 Å². The quantitative estimate of drug-likeness (QED) is 0.895. The summed E-state index contributed by atoms with van der Waals surface area (Å²) >= 11 is 3.50. The van der Waals surface area contributed by atoms with Crippen LogP contribution in [0.3, 0.4) is 0 Å². The van der Waals surface area contributed by atoms with Gasteiger partial charge in [-0.1, -0.05) is 35.0 Å². The molecule has 3 nitrogen and oxygen atoms in total. The lowest BCUT2D eigenvalue weighted by Crippen LogP contribution is -2.50. The van der Waals surface area contributed by atoms with Crippen LogP contribution >= 0.6 is 15.9 Å². The molecule has 1 aliphatic heterocycles. The number of hydrogen-bond acceptors (Lipinski definition) is 3. The number of halogens is 1.